The summed E-state index contributed by atoms with van der Waals surface area (Å²) >= 11 is 0. The maximum absolute atomic E-state index is 12.6. The largest absolute Gasteiger partial charge is 0.479 e. The zero-order chi connectivity index (χ0) is 29.7. The van der Waals surface area contributed by atoms with Crippen LogP contribution in [0.1, 0.15) is 72.6 Å². The molecule has 6 N–H and O–H groups in total. The number of carbonyl (C=O) groups excluding carboxylic acids is 2. The smallest absolute Gasteiger partial charge is 0.333 e. The van der Waals surface area contributed by atoms with Gasteiger partial charge in [-0.3, -0.25) is 9.59 Å². The molecule has 224 valence electrons. The highest BCUT2D eigenvalue weighted by Gasteiger charge is 2.68. The molecule has 3 fully saturated rings. The first-order valence-corrected chi connectivity index (χ1v) is 14.2. The summed E-state index contributed by atoms with van der Waals surface area (Å²) < 4.78 is 0. The molecule has 4 rings (SSSR count). The number of aliphatic hydroxyl groups excluding tert-OH is 3. The number of oxime groups is 1. The van der Waals surface area contributed by atoms with Gasteiger partial charge in [-0.15, -0.1) is 0 Å². The van der Waals surface area contributed by atoms with Crippen LogP contribution in [-0.4, -0.2) is 86.5 Å². The molecule has 11 heteroatoms. The maximum Gasteiger partial charge on any atom is 0.333 e. The second-order valence-electron chi connectivity index (χ2n) is 13.5. The third-order valence-corrected chi connectivity index (χ3v) is 10.8. The van der Waals surface area contributed by atoms with Crippen LogP contribution in [0.15, 0.2) is 16.8 Å². The van der Waals surface area contributed by atoms with E-state index in [1.165, 1.54) is 5.57 Å². The third-order valence-electron chi connectivity index (χ3n) is 10.8. The Bertz CT molecular complexity index is 1100. The van der Waals surface area contributed by atoms with Gasteiger partial charge in [0.25, 0.3) is 5.91 Å². The highest BCUT2D eigenvalue weighted by Crippen LogP contribution is 2.67. The van der Waals surface area contributed by atoms with Crippen LogP contribution >= 0.6 is 0 Å². The Balaban J connectivity index is 1.41. The fraction of sp³-hybridized carbons (Fsp3) is 0.793. The molecule has 8 atom stereocenters. The molecule has 4 aliphatic rings. The summed E-state index contributed by atoms with van der Waals surface area (Å²) in [5, 5.41) is 57.9. The first-order chi connectivity index (χ1) is 18.6. The molecule has 4 aliphatic carbocycles. The Morgan fingerprint density at radius 3 is 2.55 bits per heavy atom. The second kappa shape index (κ2) is 10.8. The minimum atomic E-state index is -1.62. The van der Waals surface area contributed by atoms with Gasteiger partial charge in [-0.1, -0.05) is 38.4 Å². The molecule has 1 amide bonds. The summed E-state index contributed by atoms with van der Waals surface area (Å²) in [6, 6.07) is 0. The van der Waals surface area contributed by atoms with Crippen molar-refractivity contribution in [2.75, 3.05) is 19.8 Å². The van der Waals surface area contributed by atoms with Gasteiger partial charge in [0, 0.05) is 17.4 Å². The van der Waals surface area contributed by atoms with Crippen LogP contribution in [-0.2, 0) is 19.2 Å². The SMILES string of the molecule is CC(C)(CNC(=O)CO/N=C1\C=C2CC[C@H]3[C@H]([C@@H](O)C[C@@]4(C)[C@H]3CC[C@]4(O)C(=O)CO)[C@@]2(C)CC1)[C@@H](O)C(=O)O. The van der Waals surface area contributed by atoms with Crippen molar-refractivity contribution in [1.82, 2.24) is 5.32 Å². The van der Waals surface area contributed by atoms with E-state index in [4.69, 9.17) is 9.94 Å². The van der Waals surface area contributed by atoms with Crippen molar-refractivity contribution in [3.8, 4) is 0 Å². The molecule has 0 saturated heterocycles. The summed E-state index contributed by atoms with van der Waals surface area (Å²) in [5.74, 6) is -2.18. The molecule has 0 aliphatic heterocycles. The zero-order valence-electron chi connectivity index (χ0n) is 23.9. The molecule has 0 aromatic rings. The number of nitrogens with zero attached hydrogens (tertiary/aromatic N) is 1. The van der Waals surface area contributed by atoms with Gasteiger partial charge < -0.3 is 35.7 Å². The van der Waals surface area contributed by atoms with E-state index < -0.39 is 52.9 Å². The van der Waals surface area contributed by atoms with Gasteiger partial charge in [0.05, 0.1) is 11.8 Å². The van der Waals surface area contributed by atoms with Crippen LogP contribution < -0.4 is 5.32 Å². The molecule has 0 aromatic heterocycles. The van der Waals surface area contributed by atoms with Gasteiger partial charge in [0.2, 0.25) is 0 Å². The monoisotopic (exact) mass is 564 g/mol. The summed E-state index contributed by atoms with van der Waals surface area (Å²) in [6.07, 6.45) is 3.96. The third kappa shape index (κ3) is 4.99. The number of aliphatic carboxylic acids is 1. The van der Waals surface area contributed by atoms with Crippen LogP contribution in [0.3, 0.4) is 0 Å². The average molecular weight is 565 g/mol. The van der Waals surface area contributed by atoms with E-state index in [2.05, 4.69) is 17.4 Å². The summed E-state index contributed by atoms with van der Waals surface area (Å²) in [7, 11) is 0. The van der Waals surface area contributed by atoms with E-state index in [0.717, 1.165) is 19.3 Å². The van der Waals surface area contributed by atoms with Crippen LogP contribution in [0.5, 0.6) is 0 Å². The minimum absolute atomic E-state index is 0.0186. The fourth-order valence-electron chi connectivity index (χ4n) is 8.35. The molecular weight excluding hydrogens is 520 g/mol. The number of carboxylic acid groups (broad SMARTS) is 1. The van der Waals surface area contributed by atoms with Crippen molar-refractivity contribution in [3.05, 3.63) is 11.6 Å². The number of carboxylic acids is 1. The number of hydrogen-bond acceptors (Lipinski definition) is 9. The lowest BCUT2D eigenvalue weighted by molar-refractivity contribution is -0.181. The van der Waals surface area contributed by atoms with Gasteiger partial charge in [-0.25, -0.2) is 4.79 Å². The lowest BCUT2D eigenvalue weighted by Gasteiger charge is -2.60. The molecule has 0 unspecified atom stereocenters. The highest BCUT2D eigenvalue weighted by atomic mass is 16.6. The van der Waals surface area contributed by atoms with Gasteiger partial charge in [-0.2, -0.15) is 0 Å². The number of nitrogens with one attached hydrogen (secondary N) is 1. The normalized spacial score (nSPS) is 38.9. The summed E-state index contributed by atoms with van der Waals surface area (Å²) in [6.45, 7) is 6.07. The molecule has 11 nitrogen and oxygen atoms in total. The Morgan fingerprint density at radius 2 is 1.90 bits per heavy atom. The average Bonchev–Trinajstić information content (AvgIpc) is 3.17. The quantitative estimate of drug-likeness (QED) is 0.224. The summed E-state index contributed by atoms with van der Waals surface area (Å²) in [4.78, 5) is 41.1. The predicted octanol–water partition coefficient (Wildman–Crippen LogP) is 1.17. The van der Waals surface area contributed by atoms with Crippen LogP contribution in [0.2, 0.25) is 0 Å². The molecule has 40 heavy (non-hydrogen) atoms. The topological polar surface area (TPSA) is 186 Å². The first kappa shape index (κ1) is 30.6. The Hall–Kier alpha value is -2.34. The lowest BCUT2D eigenvalue weighted by atomic mass is 9.45. The van der Waals surface area contributed by atoms with Crippen molar-refractivity contribution >= 4 is 23.4 Å². The van der Waals surface area contributed by atoms with Crippen LogP contribution in [0.4, 0.5) is 0 Å². The molecule has 0 aromatic carbocycles. The van der Waals surface area contributed by atoms with Gasteiger partial charge in [0.15, 0.2) is 18.5 Å². The zero-order valence-corrected chi connectivity index (χ0v) is 23.9. The molecule has 3 saturated carbocycles. The minimum Gasteiger partial charge on any atom is -0.479 e. The molecule has 0 radical (unpaired) electrons. The number of hydrogen-bond donors (Lipinski definition) is 6. The Morgan fingerprint density at radius 1 is 1.20 bits per heavy atom. The fourth-order valence-corrected chi connectivity index (χ4v) is 8.35. The van der Waals surface area contributed by atoms with Gasteiger partial charge in [-0.05, 0) is 74.2 Å². The number of ketones is 1. The van der Waals surface area contributed by atoms with Crippen molar-refractivity contribution < 1.29 is 44.8 Å². The van der Waals surface area contributed by atoms with E-state index in [1.807, 2.05) is 13.0 Å². The number of amides is 1. The Kier molecular flexibility index (Phi) is 8.28. The van der Waals surface area contributed by atoms with Crippen molar-refractivity contribution in [1.29, 1.82) is 0 Å². The van der Waals surface area contributed by atoms with E-state index in [1.54, 1.807) is 13.8 Å². The van der Waals surface area contributed by atoms with Crippen molar-refractivity contribution in [3.63, 3.8) is 0 Å². The molecule has 0 bridgehead atoms. The van der Waals surface area contributed by atoms with E-state index in [-0.39, 0.29) is 36.3 Å². The van der Waals surface area contributed by atoms with E-state index >= 15 is 0 Å². The number of carbonyl (C=O) groups is 3. The highest BCUT2D eigenvalue weighted by molar-refractivity contribution is 5.96. The lowest BCUT2D eigenvalue weighted by Crippen LogP contribution is -2.62. The standard InChI is InChI=1S/C29H44N2O9/c1-26(2,24(36)25(37)38)15-30-22(35)14-40-31-17-7-9-27(3)16(11-17)5-6-18-19-8-10-29(39,21(34)13-32)28(19,4)12-20(33)23(18)27/h11,18-20,23-24,32-33,36,39H,5-10,12-15H2,1-4H3,(H,30,35)(H,37,38)/b31-17-/t18-,19+,20+,23-,24+,27+,28+,29+/m1/s1. The first-order valence-electron chi connectivity index (χ1n) is 14.2. The van der Waals surface area contributed by atoms with Crippen molar-refractivity contribution in [2.45, 2.75) is 90.4 Å². The summed E-state index contributed by atoms with van der Waals surface area (Å²) in [5.41, 5.74) is -1.83. The molecule has 0 spiro atoms. The van der Waals surface area contributed by atoms with E-state index in [0.29, 0.717) is 31.4 Å². The van der Waals surface area contributed by atoms with Crippen molar-refractivity contribution in [2.24, 2.45) is 39.2 Å². The van der Waals surface area contributed by atoms with Crippen LogP contribution in [0.25, 0.3) is 0 Å². The number of allylic oxidation sites excluding steroid dienone is 2. The molecular formula is C29H44N2O9. The Labute approximate surface area is 234 Å². The number of rotatable bonds is 9. The number of Topliss-reactive ketones (excluding diaryl/α,β-unsaturated/α-hetero) is 1. The van der Waals surface area contributed by atoms with Gasteiger partial charge >= 0.3 is 5.97 Å². The number of aliphatic hydroxyl groups is 4. The maximum atomic E-state index is 12.6. The van der Waals surface area contributed by atoms with Gasteiger partial charge in [0.1, 0.15) is 12.2 Å². The predicted molar refractivity (Wildman–Crippen MR) is 144 cm³/mol. The second-order valence-corrected chi connectivity index (χ2v) is 13.5. The number of fused-ring (bicyclic) bond motifs is 5. The van der Waals surface area contributed by atoms with E-state index in [9.17, 15) is 34.8 Å². The van der Waals surface area contributed by atoms with Crippen LogP contribution in [0, 0.1) is 34.0 Å². The molecule has 0 heterocycles.